The second-order valence-electron chi connectivity index (χ2n) is 5.30. The van der Waals surface area contributed by atoms with Crippen LogP contribution < -0.4 is 0 Å². The van der Waals surface area contributed by atoms with Crippen LogP contribution in [0.5, 0.6) is 0 Å². The summed E-state index contributed by atoms with van der Waals surface area (Å²) in [4.78, 5) is 16.5. The van der Waals surface area contributed by atoms with Crippen molar-refractivity contribution >= 4 is 5.91 Å². The summed E-state index contributed by atoms with van der Waals surface area (Å²) in [6.07, 6.45) is 2.19. The van der Waals surface area contributed by atoms with Crippen LogP contribution in [-0.2, 0) is 6.42 Å². The van der Waals surface area contributed by atoms with E-state index in [1.54, 1.807) is 0 Å². The fraction of sp³-hybridized carbons (Fsp3) is 0.562. The van der Waals surface area contributed by atoms with Crippen molar-refractivity contribution in [2.24, 2.45) is 0 Å². The molecule has 0 aliphatic carbocycles. The van der Waals surface area contributed by atoms with Gasteiger partial charge in [0.25, 0.3) is 5.91 Å². The number of aryl methyl sites for hydroxylation is 1. The summed E-state index contributed by atoms with van der Waals surface area (Å²) in [5, 5.41) is 8.92. The van der Waals surface area contributed by atoms with E-state index < -0.39 is 0 Å². The molecule has 0 atom stereocenters. The number of β-amino-alcohol motifs (C(OH)–C–C–N with tert-alkyl or cyclic N) is 1. The quantitative estimate of drug-likeness (QED) is 0.884. The number of aliphatic hydroxyl groups is 1. The second kappa shape index (κ2) is 7.41. The summed E-state index contributed by atoms with van der Waals surface area (Å²) in [5.41, 5.74) is 2.07. The Morgan fingerprint density at radius 1 is 1.15 bits per heavy atom. The molecule has 1 aromatic rings. The molecule has 1 aliphatic heterocycles. The minimum atomic E-state index is 0.122. The van der Waals surface area contributed by atoms with Gasteiger partial charge in [-0.05, 0) is 24.1 Å². The van der Waals surface area contributed by atoms with E-state index in [0.717, 1.165) is 44.6 Å². The summed E-state index contributed by atoms with van der Waals surface area (Å²) >= 11 is 0. The van der Waals surface area contributed by atoms with E-state index in [9.17, 15) is 4.79 Å². The maximum atomic E-state index is 12.4. The van der Waals surface area contributed by atoms with Gasteiger partial charge in [-0.25, -0.2) is 0 Å². The van der Waals surface area contributed by atoms with Gasteiger partial charge < -0.3 is 10.0 Å². The standard InChI is InChI=1S/C16H24N2O2/c1-2-3-14-4-6-15(7-5-14)16(20)18-10-8-17(9-11-18)12-13-19/h4-7,19H,2-3,8-13H2,1H3. The first-order chi connectivity index (χ1) is 9.74. The van der Waals surface area contributed by atoms with Gasteiger partial charge in [0, 0.05) is 38.3 Å². The highest BCUT2D eigenvalue weighted by Gasteiger charge is 2.21. The van der Waals surface area contributed by atoms with E-state index in [2.05, 4.69) is 24.0 Å². The Bertz CT molecular complexity index is 423. The average Bonchev–Trinajstić information content (AvgIpc) is 2.49. The third-order valence-electron chi connectivity index (χ3n) is 3.82. The topological polar surface area (TPSA) is 43.8 Å². The fourth-order valence-electron chi connectivity index (χ4n) is 2.60. The number of benzene rings is 1. The molecule has 0 spiro atoms. The monoisotopic (exact) mass is 276 g/mol. The zero-order valence-electron chi connectivity index (χ0n) is 12.2. The van der Waals surface area contributed by atoms with Gasteiger partial charge in [0.05, 0.1) is 6.61 Å². The number of rotatable bonds is 5. The number of hydrogen-bond donors (Lipinski definition) is 1. The van der Waals surface area contributed by atoms with E-state index in [1.165, 1.54) is 5.56 Å². The van der Waals surface area contributed by atoms with Gasteiger partial charge >= 0.3 is 0 Å². The molecule has 1 aromatic carbocycles. The van der Waals surface area contributed by atoms with E-state index in [0.29, 0.717) is 6.54 Å². The third-order valence-corrected chi connectivity index (χ3v) is 3.82. The van der Waals surface area contributed by atoms with E-state index in [4.69, 9.17) is 5.11 Å². The Balaban J connectivity index is 1.91. The molecule has 4 heteroatoms. The number of nitrogens with zero attached hydrogens (tertiary/aromatic N) is 2. The van der Waals surface area contributed by atoms with Gasteiger partial charge in [0.15, 0.2) is 0 Å². The van der Waals surface area contributed by atoms with E-state index in [-0.39, 0.29) is 12.5 Å². The number of carbonyl (C=O) groups excluding carboxylic acids is 1. The van der Waals surface area contributed by atoms with Crippen molar-refractivity contribution in [1.82, 2.24) is 9.80 Å². The largest absolute Gasteiger partial charge is 0.395 e. The molecule has 1 fully saturated rings. The molecule has 1 amide bonds. The van der Waals surface area contributed by atoms with Crippen LogP contribution in [0.25, 0.3) is 0 Å². The van der Waals surface area contributed by atoms with Crippen LogP contribution >= 0.6 is 0 Å². The summed E-state index contributed by atoms with van der Waals surface area (Å²) in [7, 11) is 0. The van der Waals surface area contributed by atoms with Crippen LogP contribution in [0.15, 0.2) is 24.3 Å². The molecule has 0 aromatic heterocycles. The minimum Gasteiger partial charge on any atom is -0.395 e. The molecule has 20 heavy (non-hydrogen) atoms. The van der Waals surface area contributed by atoms with Gasteiger partial charge in [0.2, 0.25) is 0 Å². The van der Waals surface area contributed by atoms with Gasteiger partial charge in [-0.3, -0.25) is 9.69 Å². The lowest BCUT2D eigenvalue weighted by Crippen LogP contribution is -2.49. The molecule has 2 rings (SSSR count). The molecule has 0 saturated carbocycles. The molecule has 0 radical (unpaired) electrons. The highest BCUT2D eigenvalue weighted by atomic mass is 16.3. The third kappa shape index (κ3) is 3.81. The van der Waals surface area contributed by atoms with Crippen LogP contribution in [0.1, 0.15) is 29.3 Å². The molecule has 0 bridgehead atoms. The van der Waals surface area contributed by atoms with E-state index in [1.807, 2.05) is 17.0 Å². The lowest BCUT2D eigenvalue weighted by molar-refractivity contribution is 0.0615. The van der Waals surface area contributed by atoms with E-state index >= 15 is 0 Å². The molecule has 1 aliphatic rings. The molecule has 110 valence electrons. The lowest BCUT2D eigenvalue weighted by Gasteiger charge is -2.34. The number of aliphatic hydroxyl groups excluding tert-OH is 1. The Hall–Kier alpha value is -1.39. The van der Waals surface area contributed by atoms with Crippen LogP contribution in [0, 0.1) is 0 Å². The van der Waals surface area contributed by atoms with Gasteiger partial charge in [-0.1, -0.05) is 25.5 Å². The molecule has 1 heterocycles. The van der Waals surface area contributed by atoms with Crippen LogP contribution in [0.2, 0.25) is 0 Å². The lowest BCUT2D eigenvalue weighted by atomic mass is 10.1. The van der Waals surface area contributed by atoms with Crippen molar-refractivity contribution in [2.75, 3.05) is 39.3 Å². The number of carbonyl (C=O) groups is 1. The normalized spacial score (nSPS) is 16.4. The van der Waals surface area contributed by atoms with Crippen LogP contribution in [0.4, 0.5) is 0 Å². The minimum absolute atomic E-state index is 0.122. The Labute approximate surface area is 121 Å². The Morgan fingerprint density at radius 3 is 2.35 bits per heavy atom. The molecule has 0 unspecified atom stereocenters. The van der Waals surface area contributed by atoms with Gasteiger partial charge in [-0.2, -0.15) is 0 Å². The average molecular weight is 276 g/mol. The first-order valence-electron chi connectivity index (χ1n) is 7.46. The van der Waals surface area contributed by atoms with Crippen LogP contribution in [-0.4, -0.2) is 60.1 Å². The first kappa shape index (κ1) is 15.0. The maximum absolute atomic E-state index is 12.4. The van der Waals surface area contributed by atoms with Crippen molar-refractivity contribution in [3.8, 4) is 0 Å². The number of hydrogen-bond acceptors (Lipinski definition) is 3. The summed E-state index contributed by atoms with van der Waals surface area (Å²) in [5.74, 6) is 0.122. The zero-order chi connectivity index (χ0) is 14.4. The van der Waals surface area contributed by atoms with Crippen molar-refractivity contribution in [2.45, 2.75) is 19.8 Å². The summed E-state index contributed by atoms with van der Waals surface area (Å²) < 4.78 is 0. The van der Waals surface area contributed by atoms with Crippen molar-refractivity contribution in [3.05, 3.63) is 35.4 Å². The second-order valence-corrected chi connectivity index (χ2v) is 5.30. The summed E-state index contributed by atoms with van der Waals surface area (Å²) in [6, 6.07) is 7.98. The van der Waals surface area contributed by atoms with Crippen molar-refractivity contribution < 1.29 is 9.90 Å². The molecular weight excluding hydrogens is 252 g/mol. The molecular formula is C16H24N2O2. The molecule has 1 N–H and O–H groups in total. The fourth-order valence-corrected chi connectivity index (χ4v) is 2.60. The van der Waals surface area contributed by atoms with Crippen LogP contribution in [0.3, 0.4) is 0 Å². The highest BCUT2D eigenvalue weighted by Crippen LogP contribution is 2.11. The van der Waals surface area contributed by atoms with Gasteiger partial charge in [0.1, 0.15) is 0 Å². The first-order valence-corrected chi connectivity index (χ1v) is 7.46. The number of amides is 1. The summed E-state index contributed by atoms with van der Waals surface area (Å²) in [6.45, 7) is 6.23. The smallest absolute Gasteiger partial charge is 0.253 e. The predicted molar refractivity (Wildman–Crippen MR) is 79.9 cm³/mol. The predicted octanol–water partition coefficient (Wildman–Crippen LogP) is 1.39. The van der Waals surface area contributed by atoms with Crippen molar-refractivity contribution in [3.63, 3.8) is 0 Å². The zero-order valence-corrected chi connectivity index (χ0v) is 12.2. The molecule has 1 saturated heterocycles. The maximum Gasteiger partial charge on any atom is 0.253 e. The highest BCUT2D eigenvalue weighted by molar-refractivity contribution is 5.94. The Kier molecular flexibility index (Phi) is 5.56. The SMILES string of the molecule is CCCc1ccc(C(=O)N2CCN(CCO)CC2)cc1. The number of piperazine rings is 1. The Morgan fingerprint density at radius 2 is 1.80 bits per heavy atom. The molecule has 4 nitrogen and oxygen atoms in total. The van der Waals surface area contributed by atoms with Gasteiger partial charge in [-0.15, -0.1) is 0 Å². The van der Waals surface area contributed by atoms with Crippen molar-refractivity contribution in [1.29, 1.82) is 0 Å².